The number of nitrogens with zero attached hydrogens (tertiary/aromatic N) is 1. The third-order valence-electron chi connectivity index (χ3n) is 4.50. The monoisotopic (exact) mass is 241 g/mol. The molecule has 1 heterocycles. The summed E-state index contributed by atoms with van der Waals surface area (Å²) in [6.07, 6.45) is 3.76. The van der Waals surface area contributed by atoms with Crippen molar-refractivity contribution < 1.29 is 9.53 Å². The highest BCUT2D eigenvalue weighted by Crippen LogP contribution is 2.33. The molecule has 1 saturated heterocycles. The van der Waals surface area contributed by atoms with Crippen molar-refractivity contribution in [1.29, 1.82) is 0 Å². The Labute approximate surface area is 103 Å². The fourth-order valence-electron chi connectivity index (χ4n) is 3.08. The molecule has 0 aromatic heterocycles. The summed E-state index contributed by atoms with van der Waals surface area (Å²) in [4.78, 5) is 13.9. The van der Waals surface area contributed by atoms with E-state index in [9.17, 15) is 4.79 Å². The summed E-state index contributed by atoms with van der Waals surface area (Å²) in [5, 5.41) is 3.12. The number of amides is 1. The molecule has 98 valence electrons. The fraction of sp³-hybridized carbons (Fsp3) is 0.917. The van der Waals surface area contributed by atoms with E-state index >= 15 is 0 Å². The second-order valence-electron chi connectivity index (χ2n) is 5.28. The van der Waals surface area contributed by atoms with Gasteiger partial charge in [-0.15, -0.1) is 0 Å². The molecular weight excluding hydrogens is 218 g/mol. The number of nitrogens with one attached hydrogen (secondary N) is 1. The average Bonchev–Trinajstić information content (AvgIpc) is 2.98. The van der Waals surface area contributed by atoms with Gasteiger partial charge in [-0.25, -0.2) is 0 Å². The molecule has 5 nitrogen and oxygen atoms in total. The molecule has 17 heavy (non-hydrogen) atoms. The standard InChI is InChI=1S/C12H23N3O2/c1-14-12(11(13)16)5-3-9(7-12)15(2)10-4-6-17-8-10/h9-10,14H,3-8H2,1-2H3,(H2,13,16). The normalized spacial score (nSPS) is 37.8. The van der Waals surface area contributed by atoms with Gasteiger partial charge in [0.1, 0.15) is 0 Å². The maximum Gasteiger partial charge on any atom is 0.237 e. The summed E-state index contributed by atoms with van der Waals surface area (Å²) in [6, 6.07) is 0.933. The molecule has 0 radical (unpaired) electrons. The van der Waals surface area contributed by atoms with Crippen LogP contribution in [0.2, 0.25) is 0 Å². The highest BCUT2D eigenvalue weighted by Gasteiger charge is 2.45. The zero-order valence-electron chi connectivity index (χ0n) is 10.7. The molecule has 0 bridgehead atoms. The van der Waals surface area contributed by atoms with Crippen LogP contribution in [0.4, 0.5) is 0 Å². The zero-order valence-corrected chi connectivity index (χ0v) is 10.7. The Morgan fingerprint density at radius 1 is 1.47 bits per heavy atom. The van der Waals surface area contributed by atoms with E-state index in [2.05, 4.69) is 17.3 Å². The molecule has 5 heteroatoms. The van der Waals surface area contributed by atoms with Gasteiger partial charge < -0.3 is 15.8 Å². The lowest BCUT2D eigenvalue weighted by Crippen LogP contribution is -2.53. The molecular formula is C12H23N3O2. The van der Waals surface area contributed by atoms with Gasteiger partial charge in [-0.05, 0) is 39.8 Å². The summed E-state index contributed by atoms with van der Waals surface area (Å²) < 4.78 is 5.41. The van der Waals surface area contributed by atoms with Crippen LogP contribution in [0, 0.1) is 0 Å². The van der Waals surface area contributed by atoms with Crippen molar-refractivity contribution >= 4 is 5.91 Å². The molecule has 1 aliphatic heterocycles. The maximum absolute atomic E-state index is 11.6. The van der Waals surface area contributed by atoms with E-state index in [4.69, 9.17) is 10.5 Å². The van der Waals surface area contributed by atoms with E-state index in [1.807, 2.05) is 7.05 Å². The maximum atomic E-state index is 11.6. The predicted molar refractivity (Wildman–Crippen MR) is 65.6 cm³/mol. The number of carbonyl (C=O) groups excluding carboxylic acids is 1. The van der Waals surface area contributed by atoms with Gasteiger partial charge in [-0.3, -0.25) is 9.69 Å². The topological polar surface area (TPSA) is 67.6 Å². The molecule has 0 aromatic rings. The van der Waals surface area contributed by atoms with Crippen LogP contribution in [-0.2, 0) is 9.53 Å². The van der Waals surface area contributed by atoms with Crippen LogP contribution in [-0.4, -0.2) is 55.7 Å². The summed E-state index contributed by atoms with van der Waals surface area (Å²) >= 11 is 0. The molecule has 0 aromatic carbocycles. The predicted octanol–water partition coefficient (Wildman–Crippen LogP) is -0.297. The largest absolute Gasteiger partial charge is 0.380 e. The molecule has 2 aliphatic rings. The number of ether oxygens (including phenoxy) is 1. The van der Waals surface area contributed by atoms with Crippen molar-refractivity contribution in [2.75, 3.05) is 27.3 Å². The highest BCUT2D eigenvalue weighted by atomic mass is 16.5. The van der Waals surface area contributed by atoms with Gasteiger partial charge in [0.05, 0.1) is 12.1 Å². The number of likely N-dealkylation sites (N-methyl/N-ethyl adjacent to an activating group) is 2. The minimum absolute atomic E-state index is 0.224. The Morgan fingerprint density at radius 2 is 2.24 bits per heavy atom. The Morgan fingerprint density at radius 3 is 2.71 bits per heavy atom. The molecule has 1 aliphatic carbocycles. The van der Waals surface area contributed by atoms with Crippen LogP contribution in [0.3, 0.4) is 0 Å². The van der Waals surface area contributed by atoms with Gasteiger partial charge in [0.2, 0.25) is 5.91 Å². The summed E-state index contributed by atoms with van der Waals surface area (Å²) in [5.74, 6) is -0.224. The van der Waals surface area contributed by atoms with Crippen LogP contribution in [0.15, 0.2) is 0 Å². The first-order valence-corrected chi connectivity index (χ1v) is 6.37. The summed E-state index contributed by atoms with van der Waals surface area (Å²) in [7, 11) is 3.96. The molecule has 3 N–H and O–H groups in total. The third kappa shape index (κ3) is 2.32. The number of hydrogen-bond donors (Lipinski definition) is 2. The number of primary amides is 1. The minimum atomic E-state index is -0.502. The number of carbonyl (C=O) groups is 1. The lowest BCUT2D eigenvalue weighted by molar-refractivity contribution is -0.124. The van der Waals surface area contributed by atoms with Crippen molar-refractivity contribution in [1.82, 2.24) is 10.2 Å². The van der Waals surface area contributed by atoms with E-state index in [-0.39, 0.29) is 5.91 Å². The molecule has 1 saturated carbocycles. The lowest BCUT2D eigenvalue weighted by atomic mass is 9.96. The SMILES string of the molecule is CNC1(C(N)=O)CCC(N(C)C2CCOC2)C1. The first kappa shape index (κ1) is 12.8. The molecule has 3 unspecified atom stereocenters. The third-order valence-corrected chi connectivity index (χ3v) is 4.50. The first-order valence-electron chi connectivity index (χ1n) is 6.37. The second-order valence-corrected chi connectivity index (χ2v) is 5.28. The van der Waals surface area contributed by atoms with E-state index in [0.29, 0.717) is 12.1 Å². The van der Waals surface area contributed by atoms with Gasteiger partial charge in [-0.1, -0.05) is 0 Å². The van der Waals surface area contributed by atoms with Crippen molar-refractivity contribution in [3.05, 3.63) is 0 Å². The van der Waals surface area contributed by atoms with Crippen LogP contribution < -0.4 is 11.1 Å². The van der Waals surface area contributed by atoms with Gasteiger partial charge >= 0.3 is 0 Å². The van der Waals surface area contributed by atoms with Crippen LogP contribution in [0.25, 0.3) is 0 Å². The molecule has 3 atom stereocenters. The van der Waals surface area contributed by atoms with Crippen LogP contribution in [0.1, 0.15) is 25.7 Å². The van der Waals surface area contributed by atoms with Crippen molar-refractivity contribution in [2.45, 2.75) is 43.3 Å². The fourth-order valence-corrected chi connectivity index (χ4v) is 3.08. The van der Waals surface area contributed by atoms with Crippen molar-refractivity contribution in [3.8, 4) is 0 Å². The number of hydrogen-bond acceptors (Lipinski definition) is 4. The second kappa shape index (κ2) is 4.92. The summed E-state index contributed by atoms with van der Waals surface area (Å²) in [6.45, 7) is 1.67. The van der Waals surface area contributed by atoms with E-state index in [0.717, 1.165) is 38.9 Å². The number of rotatable bonds is 4. The van der Waals surface area contributed by atoms with Crippen molar-refractivity contribution in [2.24, 2.45) is 5.73 Å². The first-order chi connectivity index (χ1) is 8.09. The van der Waals surface area contributed by atoms with E-state index in [1.54, 1.807) is 0 Å². The lowest BCUT2D eigenvalue weighted by Gasteiger charge is -2.31. The van der Waals surface area contributed by atoms with Gasteiger partial charge in [0.25, 0.3) is 0 Å². The Balaban J connectivity index is 1.98. The molecule has 1 amide bonds. The number of nitrogens with two attached hydrogens (primary N) is 1. The molecule has 0 spiro atoms. The highest BCUT2D eigenvalue weighted by molar-refractivity contribution is 5.85. The van der Waals surface area contributed by atoms with Crippen LogP contribution >= 0.6 is 0 Å². The quantitative estimate of drug-likeness (QED) is 0.709. The van der Waals surface area contributed by atoms with Gasteiger partial charge in [-0.2, -0.15) is 0 Å². The minimum Gasteiger partial charge on any atom is -0.380 e. The van der Waals surface area contributed by atoms with E-state index in [1.165, 1.54) is 0 Å². The van der Waals surface area contributed by atoms with Gasteiger partial charge in [0.15, 0.2) is 0 Å². The van der Waals surface area contributed by atoms with Crippen molar-refractivity contribution in [3.63, 3.8) is 0 Å². The zero-order chi connectivity index (χ0) is 12.5. The van der Waals surface area contributed by atoms with Crippen LogP contribution in [0.5, 0.6) is 0 Å². The smallest absolute Gasteiger partial charge is 0.237 e. The van der Waals surface area contributed by atoms with Gasteiger partial charge in [0, 0.05) is 18.7 Å². The Kier molecular flexibility index (Phi) is 3.70. The Hall–Kier alpha value is -0.650. The summed E-state index contributed by atoms with van der Waals surface area (Å²) in [5.41, 5.74) is 5.01. The van der Waals surface area contributed by atoms with E-state index < -0.39 is 5.54 Å². The Bertz CT molecular complexity index is 291. The molecule has 2 fully saturated rings. The molecule has 2 rings (SSSR count). The average molecular weight is 241 g/mol.